The van der Waals surface area contributed by atoms with Gasteiger partial charge in [0.05, 0.1) is 13.2 Å². The summed E-state index contributed by atoms with van der Waals surface area (Å²) in [6.07, 6.45) is 0. The fraction of sp³-hybridized carbons (Fsp3) is 0.714. The van der Waals surface area contributed by atoms with Crippen LogP contribution < -0.4 is 5.32 Å². The summed E-state index contributed by atoms with van der Waals surface area (Å²) in [5.41, 5.74) is 0. The third-order valence-electron chi connectivity index (χ3n) is 1.93. The van der Waals surface area contributed by atoms with Crippen LogP contribution in [0.5, 0.6) is 0 Å². The molecule has 1 heterocycles. The maximum absolute atomic E-state index is 11.1. The van der Waals surface area contributed by atoms with Gasteiger partial charge in [-0.2, -0.15) is 0 Å². The van der Waals surface area contributed by atoms with Crippen molar-refractivity contribution in [2.75, 3.05) is 19.7 Å². The highest BCUT2D eigenvalue weighted by atomic mass is 16.3. The number of nitrogens with one attached hydrogen (secondary N) is 1. The normalized spacial score (nSPS) is 24.2. The van der Waals surface area contributed by atoms with Crippen molar-refractivity contribution in [2.24, 2.45) is 0 Å². The molecule has 0 aromatic heterocycles. The van der Waals surface area contributed by atoms with Gasteiger partial charge in [-0.25, -0.2) is 0 Å². The van der Waals surface area contributed by atoms with E-state index in [1.807, 2.05) is 0 Å². The molecule has 68 valence electrons. The van der Waals surface area contributed by atoms with E-state index in [4.69, 9.17) is 5.11 Å². The van der Waals surface area contributed by atoms with Crippen molar-refractivity contribution in [1.29, 1.82) is 0 Å². The second-order valence-electron chi connectivity index (χ2n) is 2.60. The molecule has 2 amide bonds. The molecule has 0 aromatic rings. The number of nitrogens with zero attached hydrogens (tertiary/aromatic N) is 1. The minimum absolute atomic E-state index is 0.0448. The van der Waals surface area contributed by atoms with Crippen molar-refractivity contribution in [1.82, 2.24) is 10.2 Å². The first-order chi connectivity index (χ1) is 5.70. The molecule has 12 heavy (non-hydrogen) atoms. The molecule has 0 unspecified atom stereocenters. The standard InChI is InChI=1S/C7H12N2O3/c1-2-9-5(4-10)7(12)8-3-6(9)11/h5,10H,2-4H2,1H3,(H,8,12)/t5-/m0/s1. The molecule has 5 heteroatoms. The molecule has 5 nitrogen and oxygen atoms in total. The van der Waals surface area contributed by atoms with E-state index in [0.717, 1.165) is 0 Å². The lowest BCUT2D eigenvalue weighted by Gasteiger charge is -2.32. The van der Waals surface area contributed by atoms with Crippen LogP contribution in [-0.2, 0) is 9.59 Å². The zero-order valence-corrected chi connectivity index (χ0v) is 6.91. The second kappa shape index (κ2) is 3.53. The number of likely N-dealkylation sites (N-methyl/N-ethyl adjacent to an activating group) is 1. The average molecular weight is 172 g/mol. The number of hydrogen-bond acceptors (Lipinski definition) is 3. The lowest BCUT2D eigenvalue weighted by Crippen LogP contribution is -2.59. The highest BCUT2D eigenvalue weighted by Gasteiger charge is 2.32. The van der Waals surface area contributed by atoms with Gasteiger partial charge in [-0.1, -0.05) is 0 Å². The van der Waals surface area contributed by atoms with Gasteiger partial charge in [0.25, 0.3) is 0 Å². The number of amides is 2. The number of aliphatic hydroxyl groups is 1. The third-order valence-corrected chi connectivity index (χ3v) is 1.93. The molecule has 1 aliphatic heterocycles. The van der Waals surface area contributed by atoms with Crippen LogP contribution in [0.2, 0.25) is 0 Å². The number of hydrogen-bond donors (Lipinski definition) is 2. The van der Waals surface area contributed by atoms with Gasteiger partial charge in [0.2, 0.25) is 11.8 Å². The monoisotopic (exact) mass is 172 g/mol. The Balaban J connectivity index is 2.74. The van der Waals surface area contributed by atoms with Crippen LogP contribution in [0.1, 0.15) is 6.92 Å². The first kappa shape index (κ1) is 8.99. The van der Waals surface area contributed by atoms with Gasteiger partial charge in [0.1, 0.15) is 6.04 Å². The zero-order valence-electron chi connectivity index (χ0n) is 6.91. The fourth-order valence-electron chi connectivity index (χ4n) is 1.28. The van der Waals surface area contributed by atoms with Crippen molar-refractivity contribution in [3.8, 4) is 0 Å². The summed E-state index contributed by atoms with van der Waals surface area (Å²) >= 11 is 0. The summed E-state index contributed by atoms with van der Waals surface area (Å²) in [4.78, 5) is 23.6. The molecular weight excluding hydrogens is 160 g/mol. The van der Waals surface area contributed by atoms with Crippen LogP contribution in [0.3, 0.4) is 0 Å². The molecule has 1 saturated heterocycles. The Labute approximate surface area is 70.4 Å². The van der Waals surface area contributed by atoms with Crippen LogP contribution >= 0.6 is 0 Å². The minimum atomic E-state index is -0.698. The molecule has 1 rings (SSSR count). The number of rotatable bonds is 2. The SMILES string of the molecule is CCN1C(=O)CNC(=O)[C@@H]1CO. The molecule has 0 aromatic carbocycles. The van der Waals surface area contributed by atoms with Crippen molar-refractivity contribution in [2.45, 2.75) is 13.0 Å². The molecule has 0 spiro atoms. The Morgan fingerprint density at radius 1 is 1.67 bits per heavy atom. The lowest BCUT2D eigenvalue weighted by molar-refractivity contribution is -0.146. The van der Waals surface area contributed by atoms with Gasteiger partial charge >= 0.3 is 0 Å². The molecule has 0 saturated carbocycles. The molecular formula is C7H12N2O3. The minimum Gasteiger partial charge on any atom is -0.394 e. The van der Waals surface area contributed by atoms with Gasteiger partial charge in [0, 0.05) is 6.54 Å². The highest BCUT2D eigenvalue weighted by Crippen LogP contribution is 2.03. The fourth-order valence-corrected chi connectivity index (χ4v) is 1.28. The predicted octanol–water partition coefficient (Wildman–Crippen LogP) is -1.67. The van der Waals surface area contributed by atoms with Crippen molar-refractivity contribution >= 4 is 11.8 Å². The first-order valence-electron chi connectivity index (χ1n) is 3.88. The first-order valence-corrected chi connectivity index (χ1v) is 3.88. The lowest BCUT2D eigenvalue weighted by atomic mass is 10.2. The molecule has 1 aliphatic rings. The van der Waals surface area contributed by atoms with Gasteiger partial charge in [-0.3, -0.25) is 9.59 Å². The molecule has 0 aliphatic carbocycles. The molecule has 2 N–H and O–H groups in total. The van der Waals surface area contributed by atoms with Crippen LogP contribution in [0.15, 0.2) is 0 Å². The third kappa shape index (κ3) is 1.40. The van der Waals surface area contributed by atoms with Gasteiger partial charge < -0.3 is 15.3 Å². The molecule has 1 fully saturated rings. The van der Waals surface area contributed by atoms with E-state index in [1.165, 1.54) is 4.90 Å². The molecule has 1 atom stereocenters. The summed E-state index contributed by atoms with van der Waals surface area (Å²) in [5, 5.41) is 11.2. The predicted molar refractivity (Wildman–Crippen MR) is 41.3 cm³/mol. The number of aliphatic hydroxyl groups excluding tert-OH is 1. The van der Waals surface area contributed by atoms with Crippen molar-refractivity contribution < 1.29 is 14.7 Å². The molecule has 0 radical (unpaired) electrons. The van der Waals surface area contributed by atoms with E-state index in [0.29, 0.717) is 6.54 Å². The summed E-state index contributed by atoms with van der Waals surface area (Å²) in [7, 11) is 0. The number of carbonyl (C=O) groups excluding carboxylic acids is 2. The van der Waals surface area contributed by atoms with Gasteiger partial charge in [-0.15, -0.1) is 0 Å². The maximum Gasteiger partial charge on any atom is 0.245 e. The maximum atomic E-state index is 11.1. The summed E-state index contributed by atoms with van der Waals surface area (Å²) < 4.78 is 0. The number of carbonyl (C=O) groups is 2. The summed E-state index contributed by atoms with van der Waals surface area (Å²) in [6, 6.07) is -0.698. The zero-order chi connectivity index (χ0) is 9.14. The average Bonchev–Trinajstić information content (AvgIpc) is 2.08. The van der Waals surface area contributed by atoms with E-state index in [9.17, 15) is 9.59 Å². The van der Waals surface area contributed by atoms with Crippen LogP contribution in [0, 0.1) is 0 Å². The smallest absolute Gasteiger partial charge is 0.245 e. The van der Waals surface area contributed by atoms with Gasteiger partial charge in [-0.05, 0) is 6.92 Å². The Hall–Kier alpha value is -1.10. The van der Waals surface area contributed by atoms with E-state index >= 15 is 0 Å². The van der Waals surface area contributed by atoms with E-state index < -0.39 is 6.04 Å². The van der Waals surface area contributed by atoms with Crippen molar-refractivity contribution in [3.05, 3.63) is 0 Å². The van der Waals surface area contributed by atoms with E-state index in [1.54, 1.807) is 6.92 Å². The highest BCUT2D eigenvalue weighted by molar-refractivity contribution is 5.94. The van der Waals surface area contributed by atoms with Gasteiger partial charge in [0.15, 0.2) is 0 Å². The molecule has 0 bridgehead atoms. The quantitative estimate of drug-likeness (QED) is 0.523. The summed E-state index contributed by atoms with van der Waals surface area (Å²) in [5.74, 6) is -0.421. The number of piperazine rings is 1. The summed E-state index contributed by atoms with van der Waals surface area (Å²) in [6.45, 7) is 1.96. The van der Waals surface area contributed by atoms with Crippen LogP contribution in [0.4, 0.5) is 0 Å². The topological polar surface area (TPSA) is 69.6 Å². The van der Waals surface area contributed by atoms with Crippen LogP contribution in [0.25, 0.3) is 0 Å². The Morgan fingerprint density at radius 3 is 2.75 bits per heavy atom. The van der Waals surface area contributed by atoms with Crippen molar-refractivity contribution in [3.63, 3.8) is 0 Å². The van der Waals surface area contributed by atoms with Crippen LogP contribution in [-0.4, -0.2) is 47.6 Å². The Bertz CT molecular complexity index is 183. The van der Waals surface area contributed by atoms with E-state index in [2.05, 4.69) is 5.32 Å². The van der Waals surface area contributed by atoms with E-state index in [-0.39, 0.29) is 25.0 Å². The Kier molecular flexibility index (Phi) is 2.65. The Morgan fingerprint density at radius 2 is 2.33 bits per heavy atom. The second-order valence-corrected chi connectivity index (χ2v) is 2.60. The largest absolute Gasteiger partial charge is 0.394 e.